The number of amides is 2. The van der Waals surface area contributed by atoms with Gasteiger partial charge in [-0.2, -0.15) is 0 Å². The summed E-state index contributed by atoms with van der Waals surface area (Å²) in [4.78, 5) is 39.6. The summed E-state index contributed by atoms with van der Waals surface area (Å²) in [5.41, 5.74) is 3.05. The zero-order valence-corrected chi connectivity index (χ0v) is 20.2. The average molecular weight is 481 g/mol. The molecule has 0 bridgehead atoms. The molecule has 0 spiro atoms. The summed E-state index contributed by atoms with van der Waals surface area (Å²) < 4.78 is 10.8. The molecule has 1 fully saturated rings. The Labute approximate surface area is 205 Å². The minimum absolute atomic E-state index is 0.0894. The largest absolute Gasteiger partial charge is 0.479 e. The Morgan fingerprint density at radius 2 is 1.74 bits per heavy atom. The van der Waals surface area contributed by atoms with E-state index in [9.17, 15) is 19.5 Å². The number of likely N-dealkylation sites (tertiary alicyclic amines) is 1. The van der Waals surface area contributed by atoms with Crippen LogP contribution in [0, 0.1) is 0 Å². The summed E-state index contributed by atoms with van der Waals surface area (Å²) >= 11 is 0. The number of carbonyl (C=O) groups excluding carboxylic acids is 2. The van der Waals surface area contributed by atoms with Crippen LogP contribution in [0.2, 0.25) is 0 Å². The summed E-state index contributed by atoms with van der Waals surface area (Å²) in [6, 6.07) is 15.3. The van der Waals surface area contributed by atoms with Gasteiger partial charge >= 0.3 is 12.1 Å². The number of fused-ring (bicyclic) bond motifs is 3. The normalized spacial score (nSPS) is 19.7. The minimum Gasteiger partial charge on any atom is -0.479 e. The lowest BCUT2D eigenvalue weighted by atomic mass is 9.96. The smallest absolute Gasteiger partial charge is 0.407 e. The fraction of sp³-hybridized carbons (Fsp3) is 0.444. The van der Waals surface area contributed by atoms with E-state index >= 15 is 0 Å². The van der Waals surface area contributed by atoms with Gasteiger partial charge in [-0.15, -0.1) is 0 Å². The number of carbonyl (C=O) groups is 3. The molecule has 4 rings (SSSR count). The van der Waals surface area contributed by atoms with E-state index in [0.717, 1.165) is 22.3 Å². The molecule has 1 aliphatic heterocycles. The van der Waals surface area contributed by atoms with Gasteiger partial charge in [0.1, 0.15) is 12.6 Å². The first kappa shape index (κ1) is 24.7. The summed E-state index contributed by atoms with van der Waals surface area (Å²) in [6.45, 7) is 2.25. The number of methoxy groups -OCH3 is 1. The first-order valence-electron chi connectivity index (χ1n) is 12.1. The number of hydrogen-bond acceptors (Lipinski definition) is 5. The molecule has 2 aromatic carbocycles. The van der Waals surface area contributed by atoms with Crippen LogP contribution in [0.3, 0.4) is 0 Å². The van der Waals surface area contributed by atoms with Crippen LogP contribution in [0.1, 0.15) is 49.7 Å². The average Bonchev–Trinajstić information content (AvgIpc) is 3.42. The standard InChI is InChI=1S/C27H32N2O6/c1-3-9-23(24(30)29-15-8-14-27(29,17-34-2)25(31)32)28-26(33)35-16-22-20-12-6-4-10-18(20)19-11-5-7-13-21(19)22/h4-7,10-13,22-23H,3,8-9,14-17H2,1-2H3,(H,28,33)(H,31,32)/t23-,27?/m0/s1. The van der Waals surface area contributed by atoms with E-state index in [1.165, 1.54) is 12.0 Å². The van der Waals surface area contributed by atoms with Gasteiger partial charge in [-0.1, -0.05) is 61.9 Å². The molecule has 0 radical (unpaired) electrons. The maximum absolute atomic E-state index is 13.4. The molecule has 1 aliphatic carbocycles. The van der Waals surface area contributed by atoms with Crippen LogP contribution in [0.5, 0.6) is 0 Å². The van der Waals surface area contributed by atoms with E-state index in [4.69, 9.17) is 9.47 Å². The van der Waals surface area contributed by atoms with Gasteiger partial charge in [-0.05, 0) is 41.5 Å². The monoisotopic (exact) mass is 480 g/mol. The van der Waals surface area contributed by atoms with E-state index in [2.05, 4.69) is 17.4 Å². The van der Waals surface area contributed by atoms with Crippen LogP contribution in [0.4, 0.5) is 4.79 Å². The van der Waals surface area contributed by atoms with Crippen LogP contribution in [-0.4, -0.2) is 66.4 Å². The molecule has 2 N–H and O–H groups in total. The Bertz CT molecular complexity index is 1060. The molecule has 2 aliphatic rings. The lowest BCUT2D eigenvalue weighted by Gasteiger charge is -2.36. The number of nitrogens with one attached hydrogen (secondary N) is 1. The topological polar surface area (TPSA) is 105 Å². The Morgan fingerprint density at radius 1 is 1.11 bits per heavy atom. The number of hydrogen-bond donors (Lipinski definition) is 2. The molecule has 0 saturated carbocycles. The van der Waals surface area contributed by atoms with E-state index in [-0.39, 0.29) is 19.1 Å². The van der Waals surface area contributed by atoms with Gasteiger partial charge in [0.2, 0.25) is 5.91 Å². The third-order valence-electron chi connectivity index (χ3n) is 7.05. The number of alkyl carbamates (subject to hydrolysis) is 1. The quantitative estimate of drug-likeness (QED) is 0.566. The number of aliphatic carboxylic acids is 1. The van der Waals surface area contributed by atoms with Crippen molar-refractivity contribution in [2.75, 3.05) is 26.9 Å². The van der Waals surface area contributed by atoms with Crippen LogP contribution in [0.15, 0.2) is 48.5 Å². The number of carboxylic acid groups (broad SMARTS) is 1. The van der Waals surface area contributed by atoms with Crippen molar-refractivity contribution in [3.8, 4) is 11.1 Å². The minimum atomic E-state index is -1.42. The van der Waals surface area contributed by atoms with Crippen LogP contribution >= 0.6 is 0 Å². The van der Waals surface area contributed by atoms with Crippen molar-refractivity contribution in [1.82, 2.24) is 10.2 Å². The number of benzene rings is 2. The summed E-state index contributed by atoms with van der Waals surface area (Å²) in [6.07, 6.45) is 1.20. The zero-order chi connectivity index (χ0) is 25.0. The van der Waals surface area contributed by atoms with E-state index in [0.29, 0.717) is 32.2 Å². The molecule has 1 saturated heterocycles. The third kappa shape index (κ3) is 4.62. The number of carboxylic acids is 1. The fourth-order valence-electron chi connectivity index (χ4n) is 5.39. The molecule has 8 heteroatoms. The summed E-state index contributed by atoms with van der Waals surface area (Å²) in [5, 5.41) is 12.6. The molecular formula is C27H32N2O6. The molecule has 2 aromatic rings. The Hall–Kier alpha value is -3.39. The predicted molar refractivity (Wildman–Crippen MR) is 130 cm³/mol. The van der Waals surface area contributed by atoms with Gasteiger partial charge in [0, 0.05) is 19.6 Å². The van der Waals surface area contributed by atoms with Gasteiger partial charge in [-0.3, -0.25) is 4.79 Å². The Balaban J connectivity index is 1.45. The lowest BCUT2D eigenvalue weighted by molar-refractivity contribution is -0.161. The third-order valence-corrected chi connectivity index (χ3v) is 7.05. The Kier molecular flexibility index (Phi) is 7.40. The highest BCUT2D eigenvalue weighted by Crippen LogP contribution is 2.44. The number of ether oxygens (including phenoxy) is 2. The molecule has 186 valence electrons. The highest BCUT2D eigenvalue weighted by Gasteiger charge is 2.51. The van der Waals surface area contributed by atoms with E-state index in [1.54, 1.807) is 0 Å². The van der Waals surface area contributed by atoms with Gasteiger partial charge in [0.15, 0.2) is 5.54 Å². The molecule has 2 atom stereocenters. The van der Waals surface area contributed by atoms with E-state index in [1.807, 2.05) is 43.3 Å². The second kappa shape index (κ2) is 10.5. The molecule has 0 aromatic heterocycles. The lowest BCUT2D eigenvalue weighted by Crippen LogP contribution is -2.60. The molecule has 8 nitrogen and oxygen atoms in total. The van der Waals surface area contributed by atoms with Crippen molar-refractivity contribution >= 4 is 18.0 Å². The summed E-state index contributed by atoms with van der Waals surface area (Å²) in [5.74, 6) is -1.60. The highest BCUT2D eigenvalue weighted by molar-refractivity contribution is 5.92. The van der Waals surface area contributed by atoms with Crippen molar-refractivity contribution in [2.24, 2.45) is 0 Å². The van der Waals surface area contributed by atoms with E-state index < -0.39 is 29.6 Å². The van der Waals surface area contributed by atoms with Crippen LogP contribution < -0.4 is 5.32 Å². The molecular weight excluding hydrogens is 448 g/mol. The Morgan fingerprint density at radius 3 is 2.31 bits per heavy atom. The summed E-state index contributed by atoms with van der Waals surface area (Å²) in [7, 11) is 1.42. The van der Waals surface area contributed by atoms with Crippen molar-refractivity contribution in [1.29, 1.82) is 0 Å². The second-order valence-corrected chi connectivity index (χ2v) is 9.17. The predicted octanol–water partition coefficient (Wildman–Crippen LogP) is 3.79. The molecule has 1 heterocycles. The van der Waals surface area contributed by atoms with Crippen LogP contribution in [0.25, 0.3) is 11.1 Å². The van der Waals surface area contributed by atoms with Crippen molar-refractivity contribution in [3.05, 3.63) is 59.7 Å². The van der Waals surface area contributed by atoms with Gasteiger partial charge in [0.25, 0.3) is 0 Å². The first-order chi connectivity index (χ1) is 16.9. The second-order valence-electron chi connectivity index (χ2n) is 9.17. The molecule has 2 amide bonds. The maximum Gasteiger partial charge on any atom is 0.407 e. The van der Waals surface area contributed by atoms with Gasteiger partial charge < -0.3 is 24.8 Å². The fourth-order valence-corrected chi connectivity index (χ4v) is 5.39. The number of rotatable bonds is 9. The van der Waals surface area contributed by atoms with Crippen molar-refractivity contribution < 1.29 is 29.0 Å². The maximum atomic E-state index is 13.4. The highest BCUT2D eigenvalue weighted by atomic mass is 16.5. The zero-order valence-electron chi connectivity index (χ0n) is 20.2. The number of nitrogens with zero attached hydrogens (tertiary/aromatic N) is 1. The van der Waals surface area contributed by atoms with Crippen molar-refractivity contribution in [2.45, 2.75) is 50.1 Å². The van der Waals surface area contributed by atoms with Crippen molar-refractivity contribution in [3.63, 3.8) is 0 Å². The van der Waals surface area contributed by atoms with Crippen LogP contribution in [-0.2, 0) is 19.1 Å². The first-order valence-corrected chi connectivity index (χ1v) is 12.1. The molecule has 35 heavy (non-hydrogen) atoms. The SMILES string of the molecule is CCC[C@H](NC(=O)OCC1c2ccccc2-c2ccccc21)C(=O)N1CCCC1(COC)C(=O)O. The van der Waals surface area contributed by atoms with Gasteiger partial charge in [0.05, 0.1) is 6.61 Å². The molecule has 1 unspecified atom stereocenters. The van der Waals surface area contributed by atoms with Gasteiger partial charge in [-0.25, -0.2) is 9.59 Å².